The summed E-state index contributed by atoms with van der Waals surface area (Å²) in [5, 5.41) is 13.3. The van der Waals surface area contributed by atoms with E-state index in [0.717, 1.165) is 45.7 Å². The molecule has 0 bridgehead atoms. The Bertz CT molecular complexity index is 496. The van der Waals surface area contributed by atoms with E-state index >= 15 is 0 Å². The zero-order valence-corrected chi connectivity index (χ0v) is 13.1. The Morgan fingerprint density at radius 2 is 2.10 bits per heavy atom. The molecule has 0 spiro atoms. The van der Waals surface area contributed by atoms with Gasteiger partial charge >= 0.3 is 0 Å². The smallest absolute Gasteiger partial charge is 0.115 e. The SMILES string of the molecule is CC(C)(CNC1CCc2cc(O)ccc21)N1CCOCC1. The maximum atomic E-state index is 9.57. The van der Waals surface area contributed by atoms with Crippen LogP contribution < -0.4 is 5.32 Å². The van der Waals surface area contributed by atoms with Crippen molar-refractivity contribution < 1.29 is 9.84 Å². The molecule has 1 aliphatic heterocycles. The number of benzene rings is 1. The van der Waals surface area contributed by atoms with Crippen LogP contribution in [0, 0.1) is 0 Å². The third-order valence-electron chi connectivity index (χ3n) is 4.85. The van der Waals surface area contributed by atoms with E-state index in [1.807, 2.05) is 6.07 Å². The van der Waals surface area contributed by atoms with Gasteiger partial charge in [-0.1, -0.05) is 6.07 Å². The third-order valence-corrected chi connectivity index (χ3v) is 4.85. The van der Waals surface area contributed by atoms with Crippen molar-refractivity contribution >= 4 is 0 Å². The minimum Gasteiger partial charge on any atom is -0.508 e. The van der Waals surface area contributed by atoms with Crippen molar-refractivity contribution in [2.45, 2.75) is 38.3 Å². The molecule has 3 rings (SSSR count). The summed E-state index contributed by atoms with van der Waals surface area (Å²) in [5.41, 5.74) is 2.78. The Hall–Kier alpha value is -1.10. The quantitative estimate of drug-likeness (QED) is 0.891. The van der Waals surface area contributed by atoms with Gasteiger partial charge in [-0.3, -0.25) is 4.90 Å². The summed E-state index contributed by atoms with van der Waals surface area (Å²) in [4.78, 5) is 2.51. The normalized spacial score (nSPS) is 23.2. The summed E-state index contributed by atoms with van der Waals surface area (Å²) in [7, 11) is 0. The summed E-state index contributed by atoms with van der Waals surface area (Å²) in [6.07, 6.45) is 2.18. The number of rotatable bonds is 4. The second-order valence-electron chi connectivity index (χ2n) is 6.77. The topological polar surface area (TPSA) is 44.7 Å². The minimum atomic E-state index is 0.142. The lowest BCUT2D eigenvalue weighted by Crippen LogP contribution is -2.54. The van der Waals surface area contributed by atoms with Gasteiger partial charge in [-0.05, 0) is 49.9 Å². The van der Waals surface area contributed by atoms with Crippen LogP contribution in [0.25, 0.3) is 0 Å². The van der Waals surface area contributed by atoms with E-state index in [1.54, 1.807) is 6.07 Å². The molecular weight excluding hydrogens is 264 g/mol. The number of fused-ring (bicyclic) bond motifs is 1. The average Bonchev–Trinajstić information content (AvgIpc) is 2.88. The lowest BCUT2D eigenvalue weighted by molar-refractivity contribution is -0.0103. The minimum absolute atomic E-state index is 0.142. The number of hydrogen-bond acceptors (Lipinski definition) is 4. The lowest BCUT2D eigenvalue weighted by atomic mass is 10.0. The molecule has 1 fully saturated rings. The largest absolute Gasteiger partial charge is 0.508 e. The lowest BCUT2D eigenvalue weighted by Gasteiger charge is -2.41. The zero-order valence-electron chi connectivity index (χ0n) is 13.1. The number of nitrogens with one attached hydrogen (secondary N) is 1. The van der Waals surface area contributed by atoms with Crippen LogP contribution in [-0.4, -0.2) is 48.4 Å². The van der Waals surface area contributed by atoms with Gasteiger partial charge in [0, 0.05) is 31.2 Å². The Morgan fingerprint density at radius 3 is 2.86 bits per heavy atom. The molecule has 1 aromatic carbocycles. The summed E-state index contributed by atoms with van der Waals surface area (Å²) < 4.78 is 5.44. The molecule has 2 N–H and O–H groups in total. The van der Waals surface area contributed by atoms with Crippen molar-refractivity contribution in [1.82, 2.24) is 10.2 Å². The maximum absolute atomic E-state index is 9.57. The number of phenols is 1. The molecule has 1 unspecified atom stereocenters. The van der Waals surface area contributed by atoms with Gasteiger partial charge in [0.15, 0.2) is 0 Å². The molecule has 116 valence electrons. The first-order valence-electron chi connectivity index (χ1n) is 7.94. The molecule has 2 aliphatic rings. The number of hydrogen-bond donors (Lipinski definition) is 2. The number of aryl methyl sites for hydroxylation is 1. The maximum Gasteiger partial charge on any atom is 0.115 e. The van der Waals surface area contributed by atoms with Gasteiger partial charge in [0.25, 0.3) is 0 Å². The van der Waals surface area contributed by atoms with Crippen LogP contribution in [0.15, 0.2) is 18.2 Å². The van der Waals surface area contributed by atoms with Gasteiger partial charge in [-0.15, -0.1) is 0 Å². The molecular formula is C17H26N2O2. The van der Waals surface area contributed by atoms with Crippen molar-refractivity contribution in [2.75, 3.05) is 32.8 Å². The highest BCUT2D eigenvalue weighted by molar-refractivity contribution is 5.40. The van der Waals surface area contributed by atoms with E-state index < -0.39 is 0 Å². The van der Waals surface area contributed by atoms with Crippen LogP contribution in [0.2, 0.25) is 0 Å². The number of nitrogens with zero attached hydrogens (tertiary/aromatic N) is 1. The molecule has 0 amide bonds. The van der Waals surface area contributed by atoms with Crippen LogP contribution in [-0.2, 0) is 11.2 Å². The number of aromatic hydroxyl groups is 1. The Labute approximate surface area is 127 Å². The van der Waals surface area contributed by atoms with Gasteiger partial charge in [-0.25, -0.2) is 0 Å². The van der Waals surface area contributed by atoms with E-state index in [9.17, 15) is 5.11 Å². The third kappa shape index (κ3) is 3.23. The van der Waals surface area contributed by atoms with E-state index in [1.165, 1.54) is 11.1 Å². The molecule has 1 aliphatic carbocycles. The van der Waals surface area contributed by atoms with Crippen molar-refractivity contribution in [1.29, 1.82) is 0 Å². The van der Waals surface area contributed by atoms with Crippen LogP contribution in [0.5, 0.6) is 5.75 Å². The van der Waals surface area contributed by atoms with Gasteiger partial charge in [0.05, 0.1) is 13.2 Å². The number of morpholine rings is 1. The van der Waals surface area contributed by atoms with Gasteiger partial charge in [0.2, 0.25) is 0 Å². The first-order valence-corrected chi connectivity index (χ1v) is 7.94. The Kier molecular flexibility index (Phi) is 4.20. The molecule has 0 saturated carbocycles. The van der Waals surface area contributed by atoms with Crippen molar-refractivity contribution in [2.24, 2.45) is 0 Å². The summed E-state index contributed by atoms with van der Waals surface area (Å²) in [6.45, 7) is 9.30. The van der Waals surface area contributed by atoms with Gasteiger partial charge in [0.1, 0.15) is 5.75 Å². The summed E-state index contributed by atoms with van der Waals surface area (Å²) >= 11 is 0. The Morgan fingerprint density at radius 1 is 1.33 bits per heavy atom. The summed E-state index contributed by atoms with van der Waals surface area (Å²) in [6, 6.07) is 6.19. The second kappa shape index (κ2) is 5.95. The van der Waals surface area contributed by atoms with Crippen LogP contribution >= 0.6 is 0 Å². The first kappa shape index (κ1) is 14.8. The standard InChI is InChI=1S/C17H26N2O2/c1-17(2,19-7-9-21-10-8-19)12-18-16-6-3-13-11-14(20)4-5-15(13)16/h4-5,11,16,18,20H,3,6-10,12H2,1-2H3. The number of phenolic OH excluding ortho intramolecular Hbond substituents is 1. The average molecular weight is 290 g/mol. The summed E-state index contributed by atoms with van der Waals surface area (Å²) in [5.74, 6) is 0.378. The molecule has 0 aromatic heterocycles. The fourth-order valence-corrected chi connectivity index (χ4v) is 3.47. The first-order chi connectivity index (χ1) is 10.1. The highest BCUT2D eigenvalue weighted by Gasteiger charge is 2.30. The van der Waals surface area contributed by atoms with Gasteiger partial charge in [-0.2, -0.15) is 0 Å². The predicted octanol–water partition coefficient (Wildman–Crippen LogP) is 2.08. The fraction of sp³-hybridized carbons (Fsp3) is 0.647. The van der Waals surface area contributed by atoms with Crippen molar-refractivity contribution in [3.63, 3.8) is 0 Å². The van der Waals surface area contributed by atoms with Crippen LogP contribution in [0.4, 0.5) is 0 Å². The molecule has 21 heavy (non-hydrogen) atoms. The van der Waals surface area contributed by atoms with E-state index in [-0.39, 0.29) is 5.54 Å². The van der Waals surface area contributed by atoms with Gasteiger partial charge < -0.3 is 15.2 Å². The van der Waals surface area contributed by atoms with Crippen LogP contribution in [0.3, 0.4) is 0 Å². The van der Waals surface area contributed by atoms with Crippen LogP contribution in [0.1, 0.15) is 37.4 Å². The Balaban J connectivity index is 1.61. The molecule has 1 atom stereocenters. The molecule has 0 radical (unpaired) electrons. The highest BCUT2D eigenvalue weighted by Crippen LogP contribution is 2.33. The van der Waals surface area contributed by atoms with Crippen molar-refractivity contribution in [3.8, 4) is 5.75 Å². The highest BCUT2D eigenvalue weighted by atomic mass is 16.5. The molecule has 1 saturated heterocycles. The monoisotopic (exact) mass is 290 g/mol. The number of ether oxygens (including phenoxy) is 1. The zero-order chi connectivity index (χ0) is 14.9. The van der Waals surface area contributed by atoms with E-state index in [0.29, 0.717) is 11.8 Å². The second-order valence-corrected chi connectivity index (χ2v) is 6.77. The molecule has 4 nitrogen and oxygen atoms in total. The molecule has 1 aromatic rings. The fourth-order valence-electron chi connectivity index (χ4n) is 3.47. The van der Waals surface area contributed by atoms with E-state index in [2.05, 4.69) is 30.1 Å². The molecule has 1 heterocycles. The predicted molar refractivity (Wildman–Crippen MR) is 83.6 cm³/mol. The van der Waals surface area contributed by atoms with E-state index in [4.69, 9.17) is 4.74 Å². The molecule has 4 heteroatoms. The van der Waals surface area contributed by atoms with Crippen molar-refractivity contribution in [3.05, 3.63) is 29.3 Å².